The largest absolute Gasteiger partial charge is 0.497 e. The van der Waals surface area contributed by atoms with Crippen LogP contribution in [0.2, 0.25) is 0 Å². The standard InChI is InChI=1S/C22H22N6O3S2/c1-14(31-18-11-7-10-17(12-18)30-3)20-25-27-22(28(20)16-8-5-4-6-9-16)32-13-19(29)23-21-26-24-15(2)33-21/h4-12,14H,13H2,1-3H3,(H,23,26,29). The van der Waals surface area contributed by atoms with Crippen LogP contribution in [-0.2, 0) is 4.79 Å². The van der Waals surface area contributed by atoms with E-state index in [2.05, 4.69) is 25.7 Å². The molecule has 9 nitrogen and oxygen atoms in total. The van der Waals surface area contributed by atoms with Crippen molar-refractivity contribution >= 4 is 34.1 Å². The molecular formula is C22H22N6O3S2. The number of rotatable bonds is 9. The first kappa shape index (κ1) is 22.7. The number of anilines is 1. The average molecular weight is 483 g/mol. The van der Waals surface area contributed by atoms with Gasteiger partial charge in [0.1, 0.15) is 16.5 Å². The number of carbonyl (C=O) groups is 1. The maximum atomic E-state index is 12.4. The van der Waals surface area contributed by atoms with E-state index in [4.69, 9.17) is 9.47 Å². The van der Waals surface area contributed by atoms with Crippen molar-refractivity contribution < 1.29 is 14.3 Å². The first-order chi connectivity index (χ1) is 16.0. The van der Waals surface area contributed by atoms with Gasteiger partial charge in [-0.3, -0.25) is 14.7 Å². The number of benzene rings is 2. The molecule has 0 spiro atoms. The van der Waals surface area contributed by atoms with Gasteiger partial charge >= 0.3 is 0 Å². The third kappa shape index (κ3) is 5.68. The van der Waals surface area contributed by atoms with E-state index < -0.39 is 6.10 Å². The topological polar surface area (TPSA) is 104 Å². The highest BCUT2D eigenvalue weighted by atomic mass is 32.2. The molecule has 11 heteroatoms. The summed E-state index contributed by atoms with van der Waals surface area (Å²) in [6, 6.07) is 17.1. The van der Waals surface area contributed by atoms with Crippen LogP contribution in [0.25, 0.3) is 5.69 Å². The van der Waals surface area contributed by atoms with Gasteiger partial charge in [0.25, 0.3) is 0 Å². The molecule has 4 rings (SSSR count). The Labute approximate surface area is 199 Å². The first-order valence-corrected chi connectivity index (χ1v) is 11.9. The van der Waals surface area contributed by atoms with Gasteiger partial charge in [-0.25, -0.2) is 0 Å². The van der Waals surface area contributed by atoms with Crippen LogP contribution in [0.1, 0.15) is 23.9 Å². The molecule has 1 amide bonds. The van der Waals surface area contributed by atoms with Crippen LogP contribution in [0.4, 0.5) is 5.13 Å². The zero-order valence-electron chi connectivity index (χ0n) is 18.3. The molecule has 0 bridgehead atoms. The number of carbonyl (C=O) groups excluding carboxylic acids is 1. The minimum atomic E-state index is -0.405. The third-order valence-electron chi connectivity index (χ3n) is 4.50. The quantitative estimate of drug-likeness (QED) is 0.352. The molecule has 2 heterocycles. The highest BCUT2D eigenvalue weighted by Gasteiger charge is 2.22. The van der Waals surface area contributed by atoms with Crippen molar-refractivity contribution in [3.8, 4) is 17.2 Å². The zero-order chi connectivity index (χ0) is 23.2. The number of methoxy groups -OCH3 is 1. The molecule has 0 aliphatic rings. The van der Waals surface area contributed by atoms with E-state index in [0.29, 0.717) is 27.6 Å². The van der Waals surface area contributed by atoms with E-state index in [1.807, 2.05) is 73.0 Å². The normalized spacial score (nSPS) is 11.7. The molecule has 4 aromatic rings. The molecular weight excluding hydrogens is 460 g/mol. The Morgan fingerprint density at radius 3 is 2.61 bits per heavy atom. The first-order valence-electron chi connectivity index (χ1n) is 10.1. The Morgan fingerprint density at radius 1 is 1.09 bits per heavy atom. The maximum absolute atomic E-state index is 12.4. The van der Waals surface area contributed by atoms with Crippen LogP contribution in [0.15, 0.2) is 59.8 Å². The van der Waals surface area contributed by atoms with Crippen molar-refractivity contribution in [1.82, 2.24) is 25.0 Å². The molecule has 1 N–H and O–H groups in total. The molecule has 1 unspecified atom stereocenters. The molecule has 2 aromatic heterocycles. The minimum absolute atomic E-state index is 0.148. The van der Waals surface area contributed by atoms with Gasteiger partial charge in [0.05, 0.1) is 12.9 Å². The Bertz CT molecular complexity index is 1230. The van der Waals surface area contributed by atoms with Gasteiger partial charge < -0.3 is 9.47 Å². The maximum Gasteiger partial charge on any atom is 0.236 e. The third-order valence-corrected chi connectivity index (χ3v) is 6.18. The highest BCUT2D eigenvalue weighted by molar-refractivity contribution is 7.99. The fourth-order valence-corrected chi connectivity index (χ4v) is 4.39. The van der Waals surface area contributed by atoms with Crippen molar-refractivity contribution in [2.24, 2.45) is 0 Å². The van der Waals surface area contributed by atoms with Crippen molar-refractivity contribution in [3.63, 3.8) is 0 Å². The Balaban J connectivity index is 1.54. The molecule has 1 atom stereocenters. The van der Waals surface area contributed by atoms with E-state index in [1.165, 1.54) is 23.1 Å². The van der Waals surface area contributed by atoms with Crippen molar-refractivity contribution in [1.29, 1.82) is 0 Å². The molecule has 0 saturated heterocycles. The predicted octanol–water partition coefficient (Wildman–Crippen LogP) is 4.31. The smallest absolute Gasteiger partial charge is 0.236 e. The molecule has 170 valence electrons. The summed E-state index contributed by atoms with van der Waals surface area (Å²) >= 11 is 2.61. The van der Waals surface area contributed by atoms with Crippen molar-refractivity contribution in [3.05, 3.63) is 65.4 Å². The van der Waals surface area contributed by atoms with Crippen LogP contribution in [0.5, 0.6) is 11.5 Å². The van der Waals surface area contributed by atoms with E-state index >= 15 is 0 Å². The summed E-state index contributed by atoms with van der Waals surface area (Å²) in [5.74, 6) is 1.93. The summed E-state index contributed by atoms with van der Waals surface area (Å²) in [6.07, 6.45) is -0.405. The summed E-state index contributed by atoms with van der Waals surface area (Å²) in [7, 11) is 1.61. The van der Waals surface area contributed by atoms with Gasteiger partial charge in [0, 0.05) is 11.8 Å². The highest BCUT2D eigenvalue weighted by Crippen LogP contribution is 2.29. The number of nitrogens with one attached hydrogen (secondary N) is 1. The lowest BCUT2D eigenvalue weighted by atomic mass is 10.3. The van der Waals surface area contributed by atoms with Crippen LogP contribution in [0, 0.1) is 6.92 Å². The van der Waals surface area contributed by atoms with E-state index in [9.17, 15) is 4.79 Å². The van der Waals surface area contributed by atoms with Gasteiger partial charge in [0.2, 0.25) is 11.0 Å². The van der Waals surface area contributed by atoms with Crippen LogP contribution in [-0.4, -0.2) is 43.7 Å². The van der Waals surface area contributed by atoms with Gasteiger partial charge in [-0.1, -0.05) is 47.4 Å². The fourth-order valence-electron chi connectivity index (χ4n) is 3.02. The molecule has 0 saturated carbocycles. The monoisotopic (exact) mass is 482 g/mol. The number of hydrogen-bond acceptors (Lipinski definition) is 9. The minimum Gasteiger partial charge on any atom is -0.497 e. The Morgan fingerprint density at radius 2 is 1.88 bits per heavy atom. The average Bonchev–Trinajstić information content (AvgIpc) is 3.44. The van der Waals surface area contributed by atoms with Gasteiger partial charge in [0.15, 0.2) is 17.1 Å². The number of aromatic nitrogens is 5. The molecule has 0 aliphatic carbocycles. The van der Waals surface area contributed by atoms with Gasteiger partial charge in [-0.05, 0) is 38.1 Å². The number of thioether (sulfide) groups is 1. The van der Waals surface area contributed by atoms with Gasteiger partial charge in [-0.15, -0.1) is 20.4 Å². The number of amides is 1. The summed E-state index contributed by atoms with van der Waals surface area (Å²) in [5, 5.41) is 21.2. The fraction of sp³-hybridized carbons (Fsp3) is 0.227. The number of ether oxygens (including phenoxy) is 2. The van der Waals surface area contributed by atoms with Crippen molar-refractivity contribution in [2.45, 2.75) is 25.1 Å². The second-order valence-corrected chi connectivity index (χ2v) is 9.04. The molecule has 0 aliphatic heterocycles. The lowest BCUT2D eigenvalue weighted by Gasteiger charge is -2.17. The van der Waals surface area contributed by atoms with Crippen LogP contribution in [0.3, 0.4) is 0 Å². The summed E-state index contributed by atoms with van der Waals surface area (Å²) in [5.41, 5.74) is 0.876. The summed E-state index contributed by atoms with van der Waals surface area (Å²) in [4.78, 5) is 12.4. The second kappa shape index (κ2) is 10.5. The van der Waals surface area contributed by atoms with E-state index in [1.54, 1.807) is 7.11 Å². The SMILES string of the molecule is COc1cccc(OC(C)c2nnc(SCC(=O)Nc3nnc(C)s3)n2-c2ccccc2)c1. The van der Waals surface area contributed by atoms with Crippen LogP contribution >= 0.6 is 23.1 Å². The predicted molar refractivity (Wildman–Crippen MR) is 127 cm³/mol. The molecule has 0 fully saturated rings. The van der Waals surface area contributed by atoms with E-state index in [0.717, 1.165) is 10.7 Å². The number of para-hydroxylation sites is 1. The second-order valence-electron chi connectivity index (χ2n) is 6.91. The zero-order valence-corrected chi connectivity index (χ0v) is 19.9. The lowest BCUT2D eigenvalue weighted by Crippen LogP contribution is -2.15. The molecule has 2 aromatic carbocycles. The van der Waals surface area contributed by atoms with Gasteiger partial charge in [-0.2, -0.15) is 0 Å². The Kier molecular flexibility index (Phi) is 7.20. The Hall–Kier alpha value is -3.44. The molecule has 0 radical (unpaired) electrons. The number of aryl methyl sites for hydroxylation is 1. The lowest BCUT2D eigenvalue weighted by molar-refractivity contribution is -0.113. The number of hydrogen-bond donors (Lipinski definition) is 1. The summed E-state index contributed by atoms with van der Waals surface area (Å²) < 4.78 is 13.3. The van der Waals surface area contributed by atoms with Crippen molar-refractivity contribution in [2.75, 3.05) is 18.2 Å². The molecule has 33 heavy (non-hydrogen) atoms. The van der Waals surface area contributed by atoms with Crippen LogP contribution < -0.4 is 14.8 Å². The number of nitrogens with zero attached hydrogens (tertiary/aromatic N) is 5. The van der Waals surface area contributed by atoms with E-state index in [-0.39, 0.29) is 11.7 Å². The summed E-state index contributed by atoms with van der Waals surface area (Å²) in [6.45, 7) is 3.74.